The maximum Gasteiger partial charge on any atom is 0.246 e. The van der Waals surface area contributed by atoms with E-state index in [1.54, 1.807) is 4.90 Å². The number of anilines is 1. The summed E-state index contributed by atoms with van der Waals surface area (Å²) in [4.78, 5) is 13.7. The van der Waals surface area contributed by atoms with Gasteiger partial charge in [-0.2, -0.15) is 0 Å². The lowest BCUT2D eigenvalue weighted by atomic mass is 10.2. The first-order valence-corrected chi connectivity index (χ1v) is 6.53. The Morgan fingerprint density at radius 2 is 2.25 bits per heavy atom. The Bertz CT molecular complexity index is 444. The topological polar surface area (TPSA) is 20.3 Å². The molecular formula is C12H13NOS2. The smallest absolute Gasteiger partial charge is 0.246 e. The van der Waals surface area contributed by atoms with Gasteiger partial charge in [-0.25, -0.2) is 0 Å². The number of benzene rings is 1. The van der Waals surface area contributed by atoms with Crippen LogP contribution < -0.4 is 4.90 Å². The molecule has 0 spiro atoms. The molecule has 1 aliphatic rings. The van der Waals surface area contributed by atoms with Crippen molar-refractivity contribution in [3.8, 4) is 0 Å². The van der Waals surface area contributed by atoms with Gasteiger partial charge in [0.1, 0.15) is 4.32 Å². The number of nitrogens with zero attached hydrogens (tertiary/aromatic N) is 1. The fraction of sp³-hybridized carbons (Fsp3) is 0.333. The first kappa shape index (κ1) is 11.6. The summed E-state index contributed by atoms with van der Waals surface area (Å²) >= 11 is 6.74. The summed E-state index contributed by atoms with van der Waals surface area (Å²) in [6, 6.07) is 7.88. The number of thiocarbonyl (C=S) groups is 1. The summed E-state index contributed by atoms with van der Waals surface area (Å²) in [5.74, 6) is 0.114. The zero-order valence-electron chi connectivity index (χ0n) is 9.27. The van der Waals surface area contributed by atoms with Crippen molar-refractivity contribution in [2.75, 3.05) is 4.90 Å². The van der Waals surface area contributed by atoms with Gasteiger partial charge in [0.05, 0.1) is 10.9 Å². The van der Waals surface area contributed by atoms with Gasteiger partial charge in [-0.15, -0.1) is 0 Å². The van der Waals surface area contributed by atoms with Crippen molar-refractivity contribution in [2.45, 2.75) is 25.5 Å². The SMILES string of the molecule is CCC1SC(=S)N(c2cccc(C)c2)C1=O. The van der Waals surface area contributed by atoms with Crippen LogP contribution >= 0.6 is 24.0 Å². The number of rotatable bonds is 2. The molecule has 0 radical (unpaired) electrons. The minimum Gasteiger partial charge on any atom is -0.273 e. The monoisotopic (exact) mass is 251 g/mol. The molecule has 0 aliphatic carbocycles. The first-order chi connectivity index (χ1) is 7.63. The van der Waals surface area contributed by atoms with Gasteiger partial charge in [-0.3, -0.25) is 9.69 Å². The van der Waals surface area contributed by atoms with Gasteiger partial charge in [-0.1, -0.05) is 43.0 Å². The van der Waals surface area contributed by atoms with Crippen molar-refractivity contribution in [3.63, 3.8) is 0 Å². The molecule has 0 aromatic heterocycles. The maximum absolute atomic E-state index is 12.1. The molecule has 4 heteroatoms. The Labute approximate surface area is 105 Å². The number of thioether (sulfide) groups is 1. The van der Waals surface area contributed by atoms with E-state index >= 15 is 0 Å². The molecule has 1 saturated heterocycles. The van der Waals surface area contributed by atoms with Crippen LogP contribution in [-0.4, -0.2) is 15.5 Å². The second kappa shape index (κ2) is 4.55. The van der Waals surface area contributed by atoms with Gasteiger partial charge in [0.25, 0.3) is 0 Å². The van der Waals surface area contributed by atoms with Gasteiger partial charge in [0.2, 0.25) is 5.91 Å². The highest BCUT2D eigenvalue weighted by Gasteiger charge is 2.36. The maximum atomic E-state index is 12.1. The zero-order valence-corrected chi connectivity index (χ0v) is 10.9. The number of carbonyl (C=O) groups is 1. The zero-order chi connectivity index (χ0) is 11.7. The van der Waals surface area contributed by atoms with E-state index in [1.165, 1.54) is 11.8 Å². The Morgan fingerprint density at radius 1 is 1.50 bits per heavy atom. The summed E-state index contributed by atoms with van der Waals surface area (Å²) in [5.41, 5.74) is 2.02. The average molecular weight is 251 g/mol. The first-order valence-electron chi connectivity index (χ1n) is 5.24. The van der Waals surface area contributed by atoms with Gasteiger partial charge in [0, 0.05) is 0 Å². The molecule has 1 unspecified atom stereocenters. The molecule has 84 valence electrons. The largest absolute Gasteiger partial charge is 0.273 e. The molecule has 1 aromatic carbocycles. The highest BCUT2D eigenvalue weighted by Crippen LogP contribution is 2.33. The van der Waals surface area contributed by atoms with Crippen molar-refractivity contribution in [2.24, 2.45) is 0 Å². The van der Waals surface area contributed by atoms with E-state index in [9.17, 15) is 4.79 Å². The molecule has 16 heavy (non-hydrogen) atoms. The Kier molecular flexibility index (Phi) is 3.30. The third-order valence-corrected chi connectivity index (χ3v) is 4.23. The van der Waals surface area contributed by atoms with E-state index in [0.29, 0.717) is 4.32 Å². The van der Waals surface area contributed by atoms with Crippen LogP contribution in [0.3, 0.4) is 0 Å². The number of hydrogen-bond acceptors (Lipinski definition) is 3. The summed E-state index contributed by atoms with van der Waals surface area (Å²) < 4.78 is 0.669. The molecule has 1 heterocycles. The summed E-state index contributed by atoms with van der Waals surface area (Å²) in [6.07, 6.45) is 0.825. The van der Waals surface area contributed by atoms with Crippen molar-refractivity contribution in [1.82, 2.24) is 0 Å². The predicted octanol–water partition coefficient (Wildman–Crippen LogP) is 3.14. The fourth-order valence-corrected chi connectivity index (χ4v) is 3.18. The number of carbonyl (C=O) groups excluding carboxylic acids is 1. The fourth-order valence-electron chi connectivity index (χ4n) is 1.72. The third-order valence-electron chi connectivity index (χ3n) is 2.55. The van der Waals surface area contributed by atoms with Crippen LogP contribution in [0.2, 0.25) is 0 Å². The van der Waals surface area contributed by atoms with E-state index in [0.717, 1.165) is 17.7 Å². The van der Waals surface area contributed by atoms with Gasteiger partial charge in [-0.05, 0) is 31.0 Å². The van der Waals surface area contributed by atoms with E-state index in [-0.39, 0.29) is 11.2 Å². The average Bonchev–Trinajstić information content (AvgIpc) is 2.53. The van der Waals surface area contributed by atoms with E-state index in [1.807, 2.05) is 38.1 Å². The van der Waals surface area contributed by atoms with Crippen molar-refractivity contribution < 1.29 is 4.79 Å². The van der Waals surface area contributed by atoms with Crippen LogP contribution in [0.25, 0.3) is 0 Å². The highest BCUT2D eigenvalue weighted by atomic mass is 32.2. The van der Waals surface area contributed by atoms with Crippen LogP contribution in [-0.2, 0) is 4.79 Å². The number of aryl methyl sites for hydroxylation is 1. The molecule has 1 atom stereocenters. The number of amides is 1. The van der Waals surface area contributed by atoms with Gasteiger partial charge in [0.15, 0.2) is 0 Å². The minimum atomic E-state index is -0.00647. The molecule has 1 aliphatic heterocycles. The predicted molar refractivity (Wildman–Crippen MR) is 72.9 cm³/mol. The lowest BCUT2D eigenvalue weighted by Crippen LogP contribution is -2.30. The lowest BCUT2D eigenvalue weighted by molar-refractivity contribution is -0.116. The summed E-state index contributed by atoms with van der Waals surface area (Å²) in [7, 11) is 0. The summed E-state index contributed by atoms with van der Waals surface area (Å²) in [5, 5.41) is -0.00647. The second-order valence-electron chi connectivity index (χ2n) is 3.79. The Morgan fingerprint density at radius 3 is 2.81 bits per heavy atom. The Balaban J connectivity index is 2.34. The van der Waals surface area contributed by atoms with Crippen molar-refractivity contribution in [1.29, 1.82) is 0 Å². The third kappa shape index (κ3) is 1.99. The molecular weight excluding hydrogens is 238 g/mol. The molecule has 0 N–H and O–H groups in total. The van der Waals surface area contributed by atoms with Crippen LogP contribution in [0.1, 0.15) is 18.9 Å². The van der Waals surface area contributed by atoms with E-state index in [2.05, 4.69) is 0 Å². The van der Waals surface area contributed by atoms with E-state index in [4.69, 9.17) is 12.2 Å². The highest BCUT2D eigenvalue weighted by molar-refractivity contribution is 8.25. The van der Waals surface area contributed by atoms with Crippen LogP contribution in [0, 0.1) is 6.92 Å². The molecule has 2 rings (SSSR count). The number of hydrogen-bond donors (Lipinski definition) is 0. The molecule has 0 bridgehead atoms. The molecule has 1 amide bonds. The van der Waals surface area contributed by atoms with Crippen LogP contribution in [0.15, 0.2) is 24.3 Å². The van der Waals surface area contributed by atoms with Crippen molar-refractivity contribution >= 4 is 39.9 Å². The van der Waals surface area contributed by atoms with Crippen molar-refractivity contribution in [3.05, 3.63) is 29.8 Å². The van der Waals surface area contributed by atoms with Crippen LogP contribution in [0.5, 0.6) is 0 Å². The molecule has 1 aromatic rings. The Hall–Kier alpha value is -0.870. The lowest BCUT2D eigenvalue weighted by Gasteiger charge is -2.15. The summed E-state index contributed by atoms with van der Waals surface area (Å²) in [6.45, 7) is 4.02. The van der Waals surface area contributed by atoms with E-state index < -0.39 is 0 Å². The standard InChI is InChI=1S/C12H13NOS2/c1-3-10-11(14)13(12(15)16-10)9-6-4-5-8(2)7-9/h4-7,10H,3H2,1-2H3. The van der Waals surface area contributed by atoms with Gasteiger partial charge < -0.3 is 0 Å². The quantitative estimate of drug-likeness (QED) is 0.753. The van der Waals surface area contributed by atoms with Gasteiger partial charge >= 0.3 is 0 Å². The molecule has 1 fully saturated rings. The normalized spacial score (nSPS) is 20.6. The second-order valence-corrected chi connectivity index (χ2v) is 5.63. The molecule has 2 nitrogen and oxygen atoms in total. The molecule has 0 saturated carbocycles. The van der Waals surface area contributed by atoms with Crippen LogP contribution in [0.4, 0.5) is 5.69 Å². The minimum absolute atomic E-state index is 0.00647.